The molecular weight excluding hydrogens is 352 g/mol. The van der Waals surface area contributed by atoms with Gasteiger partial charge in [-0.3, -0.25) is 4.90 Å². The summed E-state index contributed by atoms with van der Waals surface area (Å²) in [6, 6.07) is 12.6. The highest BCUT2D eigenvalue weighted by molar-refractivity contribution is 5.79. The molecule has 2 heterocycles. The third-order valence-corrected chi connectivity index (χ3v) is 5.29. The van der Waals surface area contributed by atoms with Crippen LogP contribution in [0, 0.1) is 0 Å². The van der Waals surface area contributed by atoms with Crippen LogP contribution in [0.15, 0.2) is 52.1 Å². The summed E-state index contributed by atoms with van der Waals surface area (Å²) in [6.07, 6.45) is 2.66. The fraction of sp³-hybridized carbons (Fsp3) is 0.500. The van der Waals surface area contributed by atoms with Crippen molar-refractivity contribution in [1.82, 2.24) is 15.5 Å². The molecule has 0 bridgehead atoms. The molecule has 1 aromatic heterocycles. The Bertz CT molecular complexity index is 771. The van der Waals surface area contributed by atoms with Gasteiger partial charge < -0.3 is 20.2 Å². The molecule has 1 aliphatic rings. The first kappa shape index (κ1) is 20.4. The SMILES string of the molecule is CCNC(=NCC(C)(O)c1ccco1)NCC(C)N1CCc2ccccc2C1. The molecule has 6 nitrogen and oxygen atoms in total. The summed E-state index contributed by atoms with van der Waals surface area (Å²) in [5.41, 5.74) is 1.76. The number of aliphatic hydroxyl groups is 1. The molecule has 0 saturated carbocycles. The predicted molar refractivity (Wildman–Crippen MR) is 112 cm³/mol. The van der Waals surface area contributed by atoms with E-state index in [2.05, 4.69) is 51.7 Å². The van der Waals surface area contributed by atoms with Gasteiger partial charge in [0.2, 0.25) is 0 Å². The molecular formula is C22H32N4O2. The van der Waals surface area contributed by atoms with Gasteiger partial charge in [-0.25, -0.2) is 4.99 Å². The van der Waals surface area contributed by atoms with Crippen LogP contribution in [0.4, 0.5) is 0 Å². The number of fused-ring (bicyclic) bond motifs is 1. The Balaban J connectivity index is 1.56. The lowest BCUT2D eigenvalue weighted by Gasteiger charge is -2.34. The third-order valence-electron chi connectivity index (χ3n) is 5.29. The lowest BCUT2D eigenvalue weighted by molar-refractivity contribution is 0.0437. The summed E-state index contributed by atoms with van der Waals surface area (Å²) in [5.74, 6) is 1.23. The number of nitrogens with one attached hydrogen (secondary N) is 2. The van der Waals surface area contributed by atoms with E-state index in [-0.39, 0.29) is 6.54 Å². The first-order valence-electron chi connectivity index (χ1n) is 10.1. The second-order valence-corrected chi connectivity index (χ2v) is 7.67. The van der Waals surface area contributed by atoms with Crippen LogP contribution in [0.2, 0.25) is 0 Å². The van der Waals surface area contributed by atoms with Crippen LogP contribution < -0.4 is 10.6 Å². The van der Waals surface area contributed by atoms with Crippen molar-refractivity contribution in [3.05, 3.63) is 59.5 Å². The van der Waals surface area contributed by atoms with Gasteiger partial charge in [0.1, 0.15) is 11.4 Å². The lowest BCUT2D eigenvalue weighted by Crippen LogP contribution is -2.47. The Labute approximate surface area is 167 Å². The highest BCUT2D eigenvalue weighted by Crippen LogP contribution is 2.21. The standard InChI is InChI=1S/C22H32N4O2/c1-4-23-21(25-16-22(3,27)20-10-7-13-28-20)24-14-17(2)26-12-11-18-8-5-6-9-19(18)15-26/h5-10,13,17,27H,4,11-12,14-16H2,1-3H3,(H2,23,24,25). The van der Waals surface area contributed by atoms with E-state index in [1.54, 1.807) is 25.3 Å². The fourth-order valence-electron chi connectivity index (χ4n) is 3.50. The van der Waals surface area contributed by atoms with Gasteiger partial charge >= 0.3 is 0 Å². The number of guanidine groups is 1. The minimum atomic E-state index is -1.13. The number of rotatable bonds is 7. The van der Waals surface area contributed by atoms with Gasteiger partial charge in [0, 0.05) is 32.2 Å². The minimum absolute atomic E-state index is 0.224. The van der Waals surface area contributed by atoms with Gasteiger partial charge in [-0.1, -0.05) is 24.3 Å². The van der Waals surface area contributed by atoms with E-state index in [0.29, 0.717) is 17.8 Å². The summed E-state index contributed by atoms with van der Waals surface area (Å²) < 4.78 is 5.33. The maximum Gasteiger partial charge on any atom is 0.191 e. The molecule has 0 saturated heterocycles. The summed E-state index contributed by atoms with van der Waals surface area (Å²) in [6.45, 7) is 9.82. The largest absolute Gasteiger partial charge is 0.466 e. The molecule has 152 valence electrons. The first-order chi connectivity index (χ1) is 13.5. The van der Waals surface area contributed by atoms with Crippen LogP contribution in [-0.4, -0.2) is 48.2 Å². The quantitative estimate of drug-likeness (QED) is 0.505. The second-order valence-electron chi connectivity index (χ2n) is 7.67. The Morgan fingerprint density at radius 3 is 2.75 bits per heavy atom. The molecule has 0 fully saturated rings. The van der Waals surface area contributed by atoms with Crippen molar-refractivity contribution in [3.63, 3.8) is 0 Å². The van der Waals surface area contributed by atoms with E-state index in [4.69, 9.17) is 4.42 Å². The van der Waals surface area contributed by atoms with Gasteiger partial charge in [-0.2, -0.15) is 0 Å². The number of furan rings is 1. The highest BCUT2D eigenvalue weighted by Gasteiger charge is 2.26. The molecule has 6 heteroatoms. The van der Waals surface area contributed by atoms with Gasteiger partial charge in [-0.15, -0.1) is 0 Å². The number of aliphatic imine (C=N–C) groups is 1. The van der Waals surface area contributed by atoms with Crippen molar-refractivity contribution in [2.45, 2.75) is 45.4 Å². The van der Waals surface area contributed by atoms with Crippen molar-refractivity contribution in [1.29, 1.82) is 0 Å². The van der Waals surface area contributed by atoms with Crippen molar-refractivity contribution in [2.75, 3.05) is 26.2 Å². The van der Waals surface area contributed by atoms with Crippen LogP contribution in [0.3, 0.4) is 0 Å². The molecule has 2 atom stereocenters. The first-order valence-corrected chi connectivity index (χ1v) is 10.1. The Morgan fingerprint density at radius 1 is 1.25 bits per heavy atom. The average molecular weight is 385 g/mol. The summed E-state index contributed by atoms with van der Waals surface area (Å²) in [7, 11) is 0. The van der Waals surface area contributed by atoms with E-state index >= 15 is 0 Å². The van der Waals surface area contributed by atoms with E-state index in [1.165, 1.54) is 11.1 Å². The molecule has 2 unspecified atom stereocenters. The number of nitrogens with zero attached hydrogens (tertiary/aromatic N) is 2. The molecule has 0 amide bonds. The topological polar surface area (TPSA) is 73.0 Å². The van der Waals surface area contributed by atoms with Gasteiger partial charge in [0.05, 0.1) is 12.8 Å². The Kier molecular flexibility index (Phi) is 6.75. The van der Waals surface area contributed by atoms with Crippen molar-refractivity contribution < 1.29 is 9.52 Å². The zero-order valence-electron chi connectivity index (χ0n) is 17.1. The van der Waals surface area contributed by atoms with Crippen LogP contribution in [0.25, 0.3) is 0 Å². The number of hydrogen-bond donors (Lipinski definition) is 3. The molecule has 2 aromatic rings. The van der Waals surface area contributed by atoms with Crippen LogP contribution >= 0.6 is 0 Å². The molecule has 0 spiro atoms. The Morgan fingerprint density at radius 2 is 2.04 bits per heavy atom. The molecule has 3 rings (SSSR count). The van der Waals surface area contributed by atoms with Crippen molar-refractivity contribution in [3.8, 4) is 0 Å². The minimum Gasteiger partial charge on any atom is -0.466 e. The predicted octanol–water partition coefficient (Wildman–Crippen LogP) is 2.49. The van der Waals surface area contributed by atoms with E-state index in [1.807, 2.05) is 6.92 Å². The molecule has 0 radical (unpaired) electrons. The maximum atomic E-state index is 10.6. The maximum absolute atomic E-state index is 10.6. The molecule has 3 N–H and O–H groups in total. The zero-order valence-corrected chi connectivity index (χ0v) is 17.1. The Hall–Kier alpha value is -2.31. The van der Waals surface area contributed by atoms with Crippen LogP contribution in [0.5, 0.6) is 0 Å². The van der Waals surface area contributed by atoms with Gasteiger partial charge in [0.15, 0.2) is 5.96 Å². The highest BCUT2D eigenvalue weighted by atomic mass is 16.4. The van der Waals surface area contributed by atoms with Gasteiger partial charge in [-0.05, 0) is 50.5 Å². The monoisotopic (exact) mass is 384 g/mol. The van der Waals surface area contributed by atoms with E-state index in [0.717, 1.165) is 32.6 Å². The van der Waals surface area contributed by atoms with Gasteiger partial charge in [0.25, 0.3) is 0 Å². The second kappa shape index (κ2) is 9.26. The van der Waals surface area contributed by atoms with Crippen LogP contribution in [-0.2, 0) is 18.6 Å². The molecule has 28 heavy (non-hydrogen) atoms. The van der Waals surface area contributed by atoms with Crippen molar-refractivity contribution >= 4 is 5.96 Å². The summed E-state index contributed by atoms with van der Waals surface area (Å²) >= 11 is 0. The molecule has 1 aliphatic heterocycles. The summed E-state index contributed by atoms with van der Waals surface area (Å²) in [5, 5.41) is 17.3. The van der Waals surface area contributed by atoms with E-state index in [9.17, 15) is 5.11 Å². The van der Waals surface area contributed by atoms with E-state index < -0.39 is 5.60 Å². The lowest BCUT2D eigenvalue weighted by atomic mass is 9.99. The normalized spacial score (nSPS) is 18.2. The zero-order chi connectivity index (χ0) is 20.0. The fourth-order valence-corrected chi connectivity index (χ4v) is 3.50. The molecule has 0 aliphatic carbocycles. The smallest absolute Gasteiger partial charge is 0.191 e. The van der Waals surface area contributed by atoms with Crippen LogP contribution in [0.1, 0.15) is 37.7 Å². The third kappa shape index (κ3) is 5.14. The molecule has 1 aromatic carbocycles. The summed E-state index contributed by atoms with van der Waals surface area (Å²) in [4.78, 5) is 7.06. The number of benzene rings is 1. The van der Waals surface area contributed by atoms with Crippen molar-refractivity contribution in [2.24, 2.45) is 4.99 Å². The number of hydrogen-bond acceptors (Lipinski definition) is 4. The average Bonchev–Trinajstić information content (AvgIpc) is 3.25.